The molecule has 2 rings (SSSR count). The van der Waals surface area contributed by atoms with Crippen LogP contribution in [0.3, 0.4) is 0 Å². The fourth-order valence-corrected chi connectivity index (χ4v) is 2.52. The molecule has 0 saturated heterocycles. The Labute approximate surface area is 108 Å². The molecule has 0 saturated carbocycles. The number of hydrogen-bond acceptors (Lipinski definition) is 4. The summed E-state index contributed by atoms with van der Waals surface area (Å²) in [6, 6.07) is 6.05. The number of carbonyl (C=O) groups is 1. The second-order valence-electron chi connectivity index (χ2n) is 4.89. The quantitative estimate of drug-likeness (QED) is 0.649. The molecule has 4 heteroatoms. The second-order valence-corrected chi connectivity index (χ2v) is 4.89. The standard InChI is InChI=1S/C14H20N2O2/c1-10(14(17)18-2)8-16-7-6-12-11(9-16)4-3-5-13(12)15/h3-5,10H,6-9,15H2,1-2H3. The number of fused-ring (bicyclic) bond motifs is 1. The molecule has 1 aliphatic heterocycles. The first kappa shape index (κ1) is 12.9. The highest BCUT2D eigenvalue weighted by Gasteiger charge is 2.22. The number of rotatable bonds is 3. The first-order chi connectivity index (χ1) is 8.61. The number of methoxy groups -OCH3 is 1. The molecule has 1 heterocycles. The number of hydrogen-bond donors (Lipinski definition) is 1. The van der Waals surface area contributed by atoms with Gasteiger partial charge in [0.2, 0.25) is 0 Å². The van der Waals surface area contributed by atoms with Gasteiger partial charge in [0.25, 0.3) is 0 Å². The van der Waals surface area contributed by atoms with Crippen molar-refractivity contribution in [2.24, 2.45) is 5.92 Å². The van der Waals surface area contributed by atoms with Gasteiger partial charge in [-0.05, 0) is 23.6 Å². The number of nitrogens with zero attached hydrogens (tertiary/aromatic N) is 1. The van der Waals surface area contributed by atoms with Crippen LogP contribution in [0.2, 0.25) is 0 Å². The molecule has 0 spiro atoms. The lowest BCUT2D eigenvalue weighted by Crippen LogP contribution is -2.36. The van der Waals surface area contributed by atoms with Crippen LogP contribution < -0.4 is 5.73 Å². The van der Waals surface area contributed by atoms with Gasteiger partial charge >= 0.3 is 5.97 Å². The number of esters is 1. The molecule has 18 heavy (non-hydrogen) atoms. The van der Waals surface area contributed by atoms with Crippen LogP contribution in [0.4, 0.5) is 5.69 Å². The molecular formula is C14H20N2O2. The summed E-state index contributed by atoms with van der Waals surface area (Å²) in [5.41, 5.74) is 9.39. The Kier molecular flexibility index (Phi) is 3.87. The Bertz CT molecular complexity index is 445. The van der Waals surface area contributed by atoms with Crippen molar-refractivity contribution < 1.29 is 9.53 Å². The number of ether oxygens (including phenoxy) is 1. The number of carbonyl (C=O) groups excluding carboxylic acids is 1. The van der Waals surface area contributed by atoms with Gasteiger partial charge in [-0.3, -0.25) is 9.69 Å². The van der Waals surface area contributed by atoms with Crippen molar-refractivity contribution >= 4 is 11.7 Å². The van der Waals surface area contributed by atoms with Crippen molar-refractivity contribution in [3.63, 3.8) is 0 Å². The van der Waals surface area contributed by atoms with E-state index in [1.807, 2.05) is 19.1 Å². The number of nitrogen functional groups attached to an aromatic ring is 1. The van der Waals surface area contributed by atoms with E-state index in [1.54, 1.807) is 0 Å². The molecule has 1 unspecified atom stereocenters. The second kappa shape index (κ2) is 5.40. The van der Waals surface area contributed by atoms with Gasteiger partial charge in [-0.15, -0.1) is 0 Å². The summed E-state index contributed by atoms with van der Waals surface area (Å²) in [5, 5.41) is 0. The van der Waals surface area contributed by atoms with Gasteiger partial charge in [0.1, 0.15) is 0 Å². The minimum Gasteiger partial charge on any atom is -0.469 e. The lowest BCUT2D eigenvalue weighted by molar-refractivity contribution is -0.145. The number of nitrogens with two attached hydrogens (primary N) is 1. The third-order valence-electron chi connectivity index (χ3n) is 3.52. The van der Waals surface area contributed by atoms with Gasteiger partial charge in [0, 0.05) is 25.3 Å². The van der Waals surface area contributed by atoms with Crippen molar-refractivity contribution in [2.45, 2.75) is 19.9 Å². The van der Waals surface area contributed by atoms with Gasteiger partial charge in [-0.25, -0.2) is 0 Å². The maximum Gasteiger partial charge on any atom is 0.309 e. The third-order valence-corrected chi connectivity index (χ3v) is 3.52. The van der Waals surface area contributed by atoms with Crippen molar-refractivity contribution in [3.05, 3.63) is 29.3 Å². The van der Waals surface area contributed by atoms with Crippen LogP contribution in [-0.2, 0) is 22.5 Å². The zero-order chi connectivity index (χ0) is 13.1. The van der Waals surface area contributed by atoms with E-state index in [9.17, 15) is 4.79 Å². The maximum atomic E-state index is 11.4. The Morgan fingerprint density at radius 1 is 1.56 bits per heavy atom. The molecule has 0 bridgehead atoms. The Hall–Kier alpha value is -1.55. The summed E-state index contributed by atoms with van der Waals surface area (Å²) in [7, 11) is 1.44. The minimum atomic E-state index is -0.145. The molecule has 1 atom stereocenters. The van der Waals surface area contributed by atoms with E-state index in [0.717, 1.165) is 31.7 Å². The molecule has 1 aromatic rings. The largest absolute Gasteiger partial charge is 0.469 e. The topological polar surface area (TPSA) is 55.6 Å². The maximum absolute atomic E-state index is 11.4. The predicted molar refractivity (Wildman–Crippen MR) is 71.0 cm³/mol. The molecule has 98 valence electrons. The van der Waals surface area contributed by atoms with Crippen LogP contribution in [0.1, 0.15) is 18.1 Å². The van der Waals surface area contributed by atoms with Crippen LogP contribution in [0.25, 0.3) is 0 Å². The zero-order valence-corrected chi connectivity index (χ0v) is 11.0. The van der Waals surface area contributed by atoms with E-state index < -0.39 is 0 Å². The lowest BCUT2D eigenvalue weighted by Gasteiger charge is -2.30. The summed E-state index contributed by atoms with van der Waals surface area (Å²) >= 11 is 0. The minimum absolute atomic E-state index is 0.0855. The number of benzene rings is 1. The summed E-state index contributed by atoms with van der Waals surface area (Å²) in [4.78, 5) is 13.7. The van der Waals surface area contributed by atoms with Crippen LogP contribution in [0.5, 0.6) is 0 Å². The molecule has 1 aromatic carbocycles. The predicted octanol–water partition coefficient (Wildman–Crippen LogP) is 1.44. The van der Waals surface area contributed by atoms with E-state index in [0.29, 0.717) is 0 Å². The highest BCUT2D eigenvalue weighted by atomic mass is 16.5. The Morgan fingerprint density at radius 2 is 2.33 bits per heavy atom. The van der Waals surface area contributed by atoms with Gasteiger partial charge in [0.15, 0.2) is 0 Å². The molecular weight excluding hydrogens is 228 g/mol. The van der Waals surface area contributed by atoms with Gasteiger partial charge in [0.05, 0.1) is 13.0 Å². The average molecular weight is 248 g/mol. The lowest BCUT2D eigenvalue weighted by atomic mass is 9.97. The summed E-state index contributed by atoms with van der Waals surface area (Å²) in [5.74, 6) is -0.231. The number of anilines is 1. The first-order valence-corrected chi connectivity index (χ1v) is 6.28. The summed E-state index contributed by atoms with van der Waals surface area (Å²) in [6.45, 7) is 4.45. The molecule has 0 aromatic heterocycles. The fraction of sp³-hybridized carbons (Fsp3) is 0.500. The Morgan fingerprint density at radius 3 is 3.06 bits per heavy atom. The van der Waals surface area contributed by atoms with E-state index in [4.69, 9.17) is 10.5 Å². The van der Waals surface area contributed by atoms with Crippen molar-refractivity contribution in [1.29, 1.82) is 0 Å². The van der Waals surface area contributed by atoms with E-state index in [1.165, 1.54) is 18.2 Å². The smallest absolute Gasteiger partial charge is 0.309 e. The molecule has 4 nitrogen and oxygen atoms in total. The molecule has 0 aliphatic carbocycles. The monoisotopic (exact) mass is 248 g/mol. The fourth-order valence-electron chi connectivity index (χ4n) is 2.52. The third kappa shape index (κ3) is 2.64. The molecule has 0 fully saturated rings. The normalized spacial score (nSPS) is 17.0. The van der Waals surface area contributed by atoms with Crippen LogP contribution in [0.15, 0.2) is 18.2 Å². The van der Waals surface area contributed by atoms with Crippen molar-refractivity contribution in [1.82, 2.24) is 4.90 Å². The van der Waals surface area contributed by atoms with Crippen molar-refractivity contribution in [3.8, 4) is 0 Å². The molecule has 0 radical (unpaired) electrons. The SMILES string of the molecule is COC(=O)C(C)CN1CCc2c(N)cccc2C1. The molecule has 1 aliphatic rings. The van der Waals surface area contributed by atoms with Crippen LogP contribution >= 0.6 is 0 Å². The van der Waals surface area contributed by atoms with Crippen LogP contribution in [0, 0.1) is 5.92 Å². The summed E-state index contributed by atoms with van der Waals surface area (Å²) < 4.78 is 4.76. The first-order valence-electron chi connectivity index (χ1n) is 6.28. The zero-order valence-electron chi connectivity index (χ0n) is 11.0. The van der Waals surface area contributed by atoms with E-state index in [-0.39, 0.29) is 11.9 Å². The Balaban J connectivity index is 2.02. The van der Waals surface area contributed by atoms with Crippen LogP contribution in [-0.4, -0.2) is 31.1 Å². The highest BCUT2D eigenvalue weighted by Crippen LogP contribution is 2.24. The molecule has 2 N–H and O–H groups in total. The van der Waals surface area contributed by atoms with Gasteiger partial charge in [-0.1, -0.05) is 19.1 Å². The molecule has 0 amide bonds. The van der Waals surface area contributed by atoms with Crippen molar-refractivity contribution in [2.75, 3.05) is 25.9 Å². The van der Waals surface area contributed by atoms with Gasteiger partial charge < -0.3 is 10.5 Å². The van der Waals surface area contributed by atoms with E-state index in [2.05, 4.69) is 11.0 Å². The average Bonchev–Trinajstić information content (AvgIpc) is 2.38. The van der Waals surface area contributed by atoms with Gasteiger partial charge in [-0.2, -0.15) is 0 Å². The van der Waals surface area contributed by atoms with E-state index >= 15 is 0 Å². The highest BCUT2D eigenvalue weighted by molar-refractivity contribution is 5.72. The summed E-state index contributed by atoms with van der Waals surface area (Å²) in [6.07, 6.45) is 0.954.